The molecule has 0 saturated heterocycles. The van der Waals surface area contributed by atoms with Crippen LogP contribution in [0.1, 0.15) is 115 Å². The molecule has 2 aromatic carbocycles. The molecule has 0 aliphatic carbocycles. The van der Waals surface area contributed by atoms with E-state index in [1.54, 1.807) is 30.3 Å². The Morgan fingerprint density at radius 3 is 1.68 bits per heavy atom. The number of nitrogens with one attached hydrogen (secondary N) is 3. The number of hydrogen-bond acceptors (Lipinski definition) is 11. The fraction of sp³-hybridized carbons (Fsp3) is 0.556. The zero-order valence-electron chi connectivity index (χ0n) is 37.3. The van der Waals surface area contributed by atoms with E-state index in [4.69, 9.17) is 16.9 Å². The van der Waals surface area contributed by atoms with E-state index in [0.717, 1.165) is 39.1 Å². The first kappa shape index (κ1) is 62.4. The van der Waals surface area contributed by atoms with Crippen molar-refractivity contribution in [1.82, 2.24) is 20.9 Å². The van der Waals surface area contributed by atoms with Crippen LogP contribution in [0.3, 0.4) is 0 Å². The second-order valence-corrected chi connectivity index (χ2v) is 13.9. The van der Waals surface area contributed by atoms with Gasteiger partial charge in [0.05, 0.1) is 32.2 Å². The van der Waals surface area contributed by atoms with Gasteiger partial charge < -0.3 is 42.5 Å². The molecule has 60 heavy (non-hydrogen) atoms. The van der Waals surface area contributed by atoms with E-state index in [-0.39, 0.29) is 99.4 Å². The van der Waals surface area contributed by atoms with E-state index in [9.17, 15) is 33.6 Å². The molecule has 0 heterocycles. The molecule has 2 aromatic rings. The summed E-state index contributed by atoms with van der Waals surface area (Å²) >= 11 is 0. The van der Waals surface area contributed by atoms with Crippen LogP contribution in [0.25, 0.3) is 0 Å². The first-order chi connectivity index (χ1) is 28.1. The topological polar surface area (TPSA) is 212 Å². The smallest absolute Gasteiger partial charge is 0.305 e. The van der Waals surface area contributed by atoms with Gasteiger partial charge in [0.2, 0.25) is 11.8 Å². The minimum absolute atomic E-state index is 0. The van der Waals surface area contributed by atoms with Crippen molar-refractivity contribution in [2.45, 2.75) is 118 Å². The molecule has 0 aliphatic heterocycles. The monoisotopic (exact) mass is 1060 g/mol. The third kappa shape index (κ3) is 35.7. The maximum atomic E-state index is 12.8. The number of hydrogen-bond donors (Lipinski definition) is 4. The van der Waals surface area contributed by atoms with Crippen molar-refractivity contribution in [3.63, 3.8) is 0 Å². The van der Waals surface area contributed by atoms with Gasteiger partial charge in [-0.05, 0) is 70.8 Å². The molecule has 2 atom stereocenters. The van der Waals surface area contributed by atoms with E-state index in [1.165, 1.54) is 19.6 Å². The molecule has 4 N–H and O–H groups in total. The number of aliphatic hydroxyl groups is 1. The summed E-state index contributed by atoms with van der Waals surface area (Å²) in [6, 6.07) is 17.0. The Labute approximate surface area is 382 Å². The molecule has 0 saturated carbocycles. The van der Waals surface area contributed by atoms with Crippen LogP contribution in [-0.2, 0) is 33.5 Å². The first-order valence-electron chi connectivity index (χ1n) is 20.1. The molecule has 0 bridgehead atoms. The van der Waals surface area contributed by atoms with Crippen LogP contribution in [0.5, 0.6) is 0 Å². The summed E-state index contributed by atoms with van der Waals surface area (Å²) in [6.45, 7) is 21.5. The Bertz CT molecular complexity index is 1490. The zero-order valence-corrected chi connectivity index (χ0v) is 41.5. The van der Waals surface area contributed by atoms with E-state index >= 15 is 0 Å². The van der Waals surface area contributed by atoms with Gasteiger partial charge in [-0.3, -0.25) is 33.6 Å². The maximum absolute atomic E-state index is 12.8. The van der Waals surface area contributed by atoms with Crippen LogP contribution in [0.15, 0.2) is 60.7 Å². The van der Waals surface area contributed by atoms with Gasteiger partial charge in [-0.25, -0.2) is 0 Å². The number of ether oxygens (including phenoxy) is 1. The molecule has 2 rings (SSSR count). The Balaban J connectivity index is -0.000000832. The van der Waals surface area contributed by atoms with E-state index < -0.39 is 29.9 Å². The molecule has 0 aliphatic rings. The van der Waals surface area contributed by atoms with Crippen LogP contribution in [0.4, 0.5) is 0 Å². The summed E-state index contributed by atoms with van der Waals surface area (Å²) in [7, 11) is 2.24. The molecular weight excluding hydrogens is 993 g/mol. The average molecular weight is 1060 g/mol. The average Bonchev–Trinajstić information content (AvgIpc) is 3.24. The van der Waals surface area contributed by atoms with E-state index in [2.05, 4.69) is 79.3 Å². The number of ketones is 3. The number of rotatable bonds is 23. The number of carbonyl (C=O) groups is 7. The molecule has 3 amide bonds. The predicted molar refractivity (Wildman–Crippen MR) is 229 cm³/mol. The Kier molecular flexibility index (Phi) is 43.2. The molecule has 14 nitrogen and oxygen atoms in total. The fourth-order valence-corrected chi connectivity index (χ4v) is 4.90. The van der Waals surface area contributed by atoms with Crippen LogP contribution < -0.4 is 16.0 Å². The first-order valence-corrected chi connectivity index (χ1v) is 20.1. The van der Waals surface area contributed by atoms with Gasteiger partial charge >= 0.3 is 5.97 Å². The van der Waals surface area contributed by atoms with Gasteiger partial charge in [0.25, 0.3) is 5.91 Å². The molecule has 0 spiro atoms. The molecule has 0 radical (unpaired) electrons. The van der Waals surface area contributed by atoms with Crippen molar-refractivity contribution in [2.75, 3.05) is 40.4 Å². The van der Waals surface area contributed by atoms with Crippen LogP contribution in [0, 0.1) is 55.8 Å². The van der Waals surface area contributed by atoms with Crippen LogP contribution >= 0.6 is 0 Å². The second kappa shape index (κ2) is 41.5. The molecule has 15 heteroatoms. The summed E-state index contributed by atoms with van der Waals surface area (Å²) in [5.74, 6) is -2.01. The quantitative estimate of drug-likeness (QED) is 0.0620. The summed E-state index contributed by atoms with van der Waals surface area (Å²) in [4.78, 5) is 88.1. The van der Waals surface area contributed by atoms with E-state index in [1.807, 2.05) is 18.2 Å². The summed E-state index contributed by atoms with van der Waals surface area (Å²) < 4.78 is 4.60. The van der Waals surface area contributed by atoms with Crippen molar-refractivity contribution in [3.05, 3.63) is 78.4 Å². The molecule has 0 unspecified atom stereocenters. The van der Waals surface area contributed by atoms with Crippen molar-refractivity contribution >= 4 is 41.0 Å². The number of Topliss-reactive ketones (excluding diaryl/α,β-unsaturated/α-hetero) is 3. The maximum Gasteiger partial charge on any atom is 0.305 e. The molecule has 334 valence electrons. The molecular formula is C45H70N5O9U-. The van der Waals surface area contributed by atoms with Gasteiger partial charge in [0, 0.05) is 75.9 Å². The number of aryl methyl sites for hydroxylation is 1. The summed E-state index contributed by atoms with van der Waals surface area (Å²) in [5.41, 5.74) is 1.74. The standard InChI is InChI=1S/C32H48N4O8.C7H8.C4H10.CN.CH4O.U/c1-5-36(6-2)21-11-10-14-26(28(39)17-20-31(42)44-4)35-30(41)19-16-27(38)23(3)34-29(40)18-15-25(37)22-33-32(43)24-12-8-7-9-13-24;1-7-5-3-2-4-6-7;1-4(2)3;2*1-2;/h7-9,12-13,23,26H,5-6,10-11,14-22H2,1-4H3,(H,33,43)(H,34,40)(H,35,41);2-6H,1H3;4H,1-3H3;;2H,1H3;/q;;;-1;;/t23-,26-;;;;;/m0...../s1. The van der Waals surface area contributed by atoms with Crippen molar-refractivity contribution < 1.29 is 74.5 Å². The predicted octanol–water partition coefficient (Wildman–Crippen LogP) is 5.50. The van der Waals surface area contributed by atoms with Crippen LogP contribution in [0.2, 0.25) is 0 Å². The third-order valence-electron chi connectivity index (χ3n) is 8.15. The minimum Gasteiger partial charge on any atom is -0.512 e. The van der Waals surface area contributed by atoms with Gasteiger partial charge in [-0.2, -0.15) is 0 Å². The normalized spacial score (nSPS) is 10.6. The van der Waals surface area contributed by atoms with Crippen molar-refractivity contribution in [1.29, 1.82) is 5.26 Å². The second-order valence-electron chi connectivity index (χ2n) is 13.9. The Morgan fingerprint density at radius 2 is 1.20 bits per heavy atom. The number of benzene rings is 2. The number of amides is 3. The molecule has 0 fully saturated rings. The number of methoxy groups -OCH3 is 1. The zero-order chi connectivity index (χ0) is 45.6. The number of nitrogens with zero attached hydrogens (tertiary/aromatic N) is 2. The summed E-state index contributed by atoms with van der Waals surface area (Å²) in [6.07, 6.45) is 1.26. The molecule has 0 aromatic heterocycles. The largest absolute Gasteiger partial charge is 0.512 e. The van der Waals surface area contributed by atoms with Gasteiger partial charge in [0.1, 0.15) is 0 Å². The number of esters is 1. The Morgan fingerprint density at radius 1 is 0.717 bits per heavy atom. The van der Waals surface area contributed by atoms with Crippen molar-refractivity contribution in [2.24, 2.45) is 5.92 Å². The number of aliphatic hydroxyl groups excluding tert-OH is 1. The third-order valence-corrected chi connectivity index (χ3v) is 8.15. The van der Waals surface area contributed by atoms with Crippen molar-refractivity contribution in [3.8, 4) is 0 Å². The summed E-state index contributed by atoms with van der Waals surface area (Å²) in [5, 5.41) is 21.0. The van der Waals surface area contributed by atoms with E-state index in [0.29, 0.717) is 18.4 Å². The Hall–Kier alpha value is -4.21. The number of carbonyl (C=O) groups excluding carboxylic acids is 7. The van der Waals surface area contributed by atoms with Gasteiger partial charge in [-0.15, -0.1) is 0 Å². The van der Waals surface area contributed by atoms with Crippen LogP contribution in [-0.4, -0.2) is 104 Å². The van der Waals surface area contributed by atoms with Gasteiger partial charge in [0.15, 0.2) is 17.3 Å². The SMILES string of the molecule is CC(C)C.CCN(CC)CCCC[C@H](NC(=O)CCC(=O)[C@H](C)NC(=O)CCC(=O)CNC(=O)c1ccccc1)C(=O)CCC(=O)OC.CO.Cc1ccccc1.[C-]#N.[U]. The minimum atomic E-state index is -0.874. The van der Waals surface area contributed by atoms with Gasteiger partial charge in [-0.1, -0.05) is 88.7 Å². The number of unbranched alkanes of at least 4 members (excludes halogenated alkanes) is 1. The fourth-order valence-electron chi connectivity index (χ4n) is 4.90.